The van der Waals surface area contributed by atoms with Gasteiger partial charge in [0, 0.05) is 5.57 Å². The van der Waals surface area contributed by atoms with Crippen LogP contribution < -0.4 is 9.47 Å². The lowest BCUT2D eigenvalue weighted by molar-refractivity contribution is -0.136. The molecule has 26 heavy (non-hydrogen) atoms. The number of hydrogen-bond acceptors (Lipinski definition) is 5. The highest BCUT2D eigenvalue weighted by Crippen LogP contribution is 2.41. The number of hydrogen-bond donors (Lipinski definition) is 0. The van der Waals surface area contributed by atoms with Crippen molar-refractivity contribution in [3.05, 3.63) is 35.4 Å². The fourth-order valence-corrected chi connectivity index (χ4v) is 3.90. The van der Waals surface area contributed by atoms with Crippen LogP contribution in [0.1, 0.15) is 50.5 Å². The first-order chi connectivity index (χ1) is 12.6. The van der Waals surface area contributed by atoms with Gasteiger partial charge in [-0.05, 0) is 68.7 Å². The van der Waals surface area contributed by atoms with Gasteiger partial charge >= 0.3 is 5.97 Å². The first-order valence-corrected chi connectivity index (χ1v) is 9.18. The van der Waals surface area contributed by atoms with E-state index in [1.165, 1.54) is 20.0 Å². The van der Waals surface area contributed by atoms with Crippen molar-refractivity contribution in [1.29, 1.82) is 5.26 Å². The van der Waals surface area contributed by atoms with E-state index >= 15 is 0 Å². The summed E-state index contributed by atoms with van der Waals surface area (Å²) in [5, 5.41) is 9.95. The molecule has 1 saturated carbocycles. The predicted octanol–water partition coefficient (Wildman–Crippen LogP) is 4.06. The van der Waals surface area contributed by atoms with Crippen molar-refractivity contribution < 1.29 is 19.0 Å². The highest BCUT2D eigenvalue weighted by atomic mass is 16.5. The SMILES string of the molecule is COC(=O)C1=CC(C#N)(c2ccc(OC)c(OC3CCCC3)c2)CCC1. The van der Waals surface area contributed by atoms with Gasteiger partial charge in [0.05, 0.1) is 26.4 Å². The number of methoxy groups -OCH3 is 2. The zero-order chi connectivity index (χ0) is 18.6. The molecule has 5 heteroatoms. The summed E-state index contributed by atoms with van der Waals surface area (Å²) in [6.45, 7) is 0. The number of carbonyl (C=O) groups is 1. The molecule has 0 aliphatic heterocycles. The minimum absolute atomic E-state index is 0.199. The van der Waals surface area contributed by atoms with E-state index in [0.29, 0.717) is 29.9 Å². The molecule has 0 bridgehead atoms. The lowest BCUT2D eigenvalue weighted by Crippen LogP contribution is -2.27. The quantitative estimate of drug-likeness (QED) is 0.745. The van der Waals surface area contributed by atoms with Crippen LogP contribution in [-0.2, 0) is 14.9 Å². The fraction of sp³-hybridized carbons (Fsp3) is 0.524. The molecule has 138 valence electrons. The smallest absolute Gasteiger partial charge is 0.333 e. The molecule has 1 unspecified atom stereocenters. The van der Waals surface area contributed by atoms with Crippen LogP contribution >= 0.6 is 0 Å². The Kier molecular flexibility index (Phi) is 5.51. The van der Waals surface area contributed by atoms with Crippen molar-refractivity contribution in [3.63, 3.8) is 0 Å². The van der Waals surface area contributed by atoms with E-state index in [9.17, 15) is 10.1 Å². The lowest BCUT2D eigenvalue weighted by Gasteiger charge is -2.29. The van der Waals surface area contributed by atoms with Crippen LogP contribution in [0.5, 0.6) is 11.5 Å². The van der Waals surface area contributed by atoms with Gasteiger partial charge in [-0.15, -0.1) is 0 Å². The van der Waals surface area contributed by atoms with Gasteiger partial charge in [-0.2, -0.15) is 5.26 Å². The van der Waals surface area contributed by atoms with Crippen molar-refractivity contribution >= 4 is 5.97 Å². The fourth-order valence-electron chi connectivity index (χ4n) is 3.90. The molecule has 1 aromatic carbocycles. The Morgan fingerprint density at radius 2 is 1.96 bits per heavy atom. The van der Waals surface area contributed by atoms with Crippen LogP contribution in [0.2, 0.25) is 0 Å². The Hall–Kier alpha value is -2.48. The number of allylic oxidation sites excluding steroid dienone is 1. The van der Waals surface area contributed by atoms with Crippen LogP contribution in [0.3, 0.4) is 0 Å². The highest BCUT2D eigenvalue weighted by molar-refractivity contribution is 5.89. The number of nitrogens with zero attached hydrogens (tertiary/aromatic N) is 1. The molecule has 0 aromatic heterocycles. The predicted molar refractivity (Wildman–Crippen MR) is 97.1 cm³/mol. The van der Waals surface area contributed by atoms with Gasteiger partial charge in [0.2, 0.25) is 0 Å². The van der Waals surface area contributed by atoms with Crippen molar-refractivity contribution in [2.45, 2.75) is 56.5 Å². The molecule has 1 aromatic rings. The third-order valence-corrected chi connectivity index (χ3v) is 5.36. The number of nitriles is 1. The molecule has 1 fully saturated rings. The summed E-state index contributed by atoms with van der Waals surface area (Å²) in [6.07, 6.45) is 8.48. The Morgan fingerprint density at radius 1 is 1.19 bits per heavy atom. The van der Waals surface area contributed by atoms with Crippen LogP contribution in [0.4, 0.5) is 0 Å². The Bertz CT molecular complexity index is 743. The minimum atomic E-state index is -0.845. The van der Waals surface area contributed by atoms with Crippen molar-refractivity contribution in [1.82, 2.24) is 0 Å². The van der Waals surface area contributed by atoms with Gasteiger partial charge in [-0.25, -0.2) is 4.79 Å². The van der Waals surface area contributed by atoms with E-state index in [0.717, 1.165) is 24.8 Å². The van der Waals surface area contributed by atoms with Crippen LogP contribution in [-0.4, -0.2) is 26.3 Å². The van der Waals surface area contributed by atoms with Crippen LogP contribution in [0.25, 0.3) is 0 Å². The number of benzene rings is 1. The Balaban J connectivity index is 1.98. The second kappa shape index (κ2) is 7.82. The maximum absolute atomic E-state index is 12.0. The summed E-state index contributed by atoms with van der Waals surface area (Å²) in [7, 11) is 2.99. The van der Waals surface area contributed by atoms with E-state index in [-0.39, 0.29) is 12.1 Å². The normalized spacial score (nSPS) is 23.0. The van der Waals surface area contributed by atoms with Crippen molar-refractivity contribution in [2.24, 2.45) is 0 Å². The van der Waals surface area contributed by atoms with E-state index in [2.05, 4.69) is 6.07 Å². The van der Waals surface area contributed by atoms with Gasteiger partial charge in [0.25, 0.3) is 0 Å². The largest absolute Gasteiger partial charge is 0.493 e. The first kappa shape index (κ1) is 18.3. The second-order valence-corrected chi connectivity index (χ2v) is 6.99. The topological polar surface area (TPSA) is 68.6 Å². The van der Waals surface area contributed by atoms with Gasteiger partial charge in [0.1, 0.15) is 5.41 Å². The molecule has 0 heterocycles. The molecule has 5 nitrogen and oxygen atoms in total. The molecule has 1 atom stereocenters. The van der Waals surface area contributed by atoms with Crippen LogP contribution in [0, 0.1) is 11.3 Å². The summed E-state index contributed by atoms with van der Waals surface area (Å²) in [5.41, 5.74) is 0.547. The van der Waals surface area contributed by atoms with E-state index in [1.807, 2.05) is 18.2 Å². The maximum atomic E-state index is 12.0. The van der Waals surface area contributed by atoms with E-state index < -0.39 is 5.41 Å². The third-order valence-electron chi connectivity index (χ3n) is 5.36. The van der Waals surface area contributed by atoms with Gasteiger partial charge in [-0.1, -0.05) is 6.07 Å². The molecular formula is C21H25NO4. The zero-order valence-corrected chi connectivity index (χ0v) is 15.4. The van der Waals surface area contributed by atoms with Gasteiger partial charge in [0.15, 0.2) is 11.5 Å². The van der Waals surface area contributed by atoms with Gasteiger partial charge in [-0.3, -0.25) is 0 Å². The molecule has 2 aliphatic carbocycles. The number of esters is 1. The number of ether oxygens (including phenoxy) is 3. The third kappa shape index (κ3) is 3.55. The zero-order valence-electron chi connectivity index (χ0n) is 15.4. The summed E-state index contributed by atoms with van der Waals surface area (Å²) >= 11 is 0. The molecule has 0 amide bonds. The number of rotatable bonds is 5. The average Bonchev–Trinajstić information content (AvgIpc) is 3.20. The van der Waals surface area contributed by atoms with Crippen molar-refractivity contribution in [2.75, 3.05) is 14.2 Å². The lowest BCUT2D eigenvalue weighted by atomic mass is 9.72. The standard InChI is InChI=1S/C21H25NO4/c1-24-18-10-9-16(12-19(18)26-17-7-3-4-8-17)21(14-22)11-5-6-15(13-21)20(23)25-2/h9-10,12-13,17H,3-8,11H2,1-2H3. The molecule has 0 radical (unpaired) electrons. The van der Waals surface area contributed by atoms with E-state index in [1.54, 1.807) is 13.2 Å². The Morgan fingerprint density at radius 3 is 2.62 bits per heavy atom. The molecule has 3 rings (SSSR count). The minimum Gasteiger partial charge on any atom is -0.493 e. The average molecular weight is 355 g/mol. The molecule has 0 N–H and O–H groups in total. The summed E-state index contributed by atoms with van der Waals surface area (Å²) in [5.74, 6) is 0.979. The molecule has 0 saturated heterocycles. The second-order valence-electron chi connectivity index (χ2n) is 6.99. The number of carbonyl (C=O) groups excluding carboxylic acids is 1. The Labute approximate surface area is 154 Å². The monoisotopic (exact) mass is 355 g/mol. The molecular weight excluding hydrogens is 330 g/mol. The van der Waals surface area contributed by atoms with Crippen LogP contribution in [0.15, 0.2) is 29.8 Å². The van der Waals surface area contributed by atoms with Crippen molar-refractivity contribution in [3.8, 4) is 17.6 Å². The van der Waals surface area contributed by atoms with Gasteiger partial charge < -0.3 is 14.2 Å². The summed E-state index contributed by atoms with van der Waals surface area (Å²) < 4.78 is 16.5. The molecule has 0 spiro atoms. The summed E-state index contributed by atoms with van der Waals surface area (Å²) in [4.78, 5) is 12.0. The summed E-state index contributed by atoms with van der Waals surface area (Å²) in [6, 6.07) is 8.06. The highest BCUT2D eigenvalue weighted by Gasteiger charge is 2.35. The first-order valence-electron chi connectivity index (χ1n) is 9.18. The molecule has 2 aliphatic rings. The van der Waals surface area contributed by atoms with E-state index in [4.69, 9.17) is 14.2 Å². The maximum Gasteiger partial charge on any atom is 0.333 e.